The number of hydrogen-bond acceptors (Lipinski definition) is 13. The van der Waals surface area contributed by atoms with Gasteiger partial charge in [-0.3, -0.25) is 9.59 Å². The van der Waals surface area contributed by atoms with E-state index in [2.05, 4.69) is 25.5 Å². The second-order valence-corrected chi connectivity index (χ2v) is 11.5. The molecule has 0 bridgehead atoms. The molecule has 5 rings (SSSR count). The maximum absolute atomic E-state index is 13.0. The zero-order valence-electron chi connectivity index (χ0n) is 20.5. The molecule has 2 amide bonds. The van der Waals surface area contributed by atoms with E-state index in [1.165, 1.54) is 35.8 Å². The molecule has 0 spiro atoms. The second-order valence-electron chi connectivity index (χ2n) is 8.55. The largest absolute Gasteiger partial charge is 0.478 e. The molecule has 1 saturated heterocycles. The number of carboxylic acids is 1. The van der Waals surface area contributed by atoms with Crippen molar-refractivity contribution in [1.82, 2.24) is 29.8 Å². The van der Waals surface area contributed by atoms with Gasteiger partial charge in [0.15, 0.2) is 10.8 Å². The van der Waals surface area contributed by atoms with E-state index in [0.29, 0.717) is 22.5 Å². The highest BCUT2D eigenvalue weighted by atomic mass is 32.2. The van der Waals surface area contributed by atoms with Crippen molar-refractivity contribution in [2.75, 3.05) is 23.0 Å². The standard InChI is InChI=1S/C21H22N10O5S3/c1-9(19(34)35)36-28-14(11-7-38-20(23)25-11)16(32)27-15-17(33)30-4-10(5-37-18(15)30)6-39-21-26-12(22)3-13-29(2)8-24-31(13)21/h3-4,7-9,15,18,22H,5-6H2,1-2H3,(H4,23,25,27,32,34,35)/p+1/b28-14-/t9-,15?,18-/m1/s1. The summed E-state index contributed by atoms with van der Waals surface area (Å²) in [5, 5.41) is 21.8. The van der Waals surface area contributed by atoms with Gasteiger partial charge >= 0.3 is 5.97 Å². The van der Waals surface area contributed by atoms with Gasteiger partial charge in [-0.05, 0) is 17.0 Å². The summed E-state index contributed by atoms with van der Waals surface area (Å²) in [6, 6.07) is 0.938. The topological polar surface area (TPSA) is 207 Å². The lowest BCUT2D eigenvalue weighted by molar-refractivity contribution is -0.646. The number of rotatable bonds is 9. The number of fused-ring (bicyclic) bond motifs is 2. The molecule has 2 aliphatic rings. The van der Waals surface area contributed by atoms with Crippen LogP contribution >= 0.6 is 34.9 Å². The highest BCUT2D eigenvalue weighted by Gasteiger charge is 2.49. The third-order valence-corrected chi connectivity index (χ3v) is 8.84. The molecule has 18 heteroatoms. The Morgan fingerprint density at radius 1 is 1.41 bits per heavy atom. The van der Waals surface area contributed by atoms with Crippen molar-refractivity contribution < 1.29 is 28.9 Å². The number of aromatic nitrogens is 5. The lowest BCUT2D eigenvalue weighted by atomic mass is 10.1. The van der Waals surface area contributed by atoms with Crippen LogP contribution in [0.1, 0.15) is 12.6 Å². The van der Waals surface area contributed by atoms with E-state index in [0.717, 1.165) is 22.6 Å². The summed E-state index contributed by atoms with van der Waals surface area (Å²) < 4.78 is 3.55. The zero-order valence-corrected chi connectivity index (χ0v) is 23.0. The van der Waals surface area contributed by atoms with Gasteiger partial charge in [0.05, 0.1) is 13.1 Å². The van der Waals surface area contributed by atoms with Crippen molar-refractivity contribution >= 4 is 75.0 Å². The van der Waals surface area contributed by atoms with Crippen molar-refractivity contribution in [1.29, 1.82) is 0 Å². The average Bonchev–Trinajstić information content (AvgIpc) is 3.50. The van der Waals surface area contributed by atoms with Crippen LogP contribution in [0.4, 0.5) is 10.9 Å². The molecule has 6 N–H and O–H groups in total. The number of oxime groups is 1. The minimum Gasteiger partial charge on any atom is -0.478 e. The Hall–Kier alpha value is -3.90. The molecule has 3 aromatic heterocycles. The highest BCUT2D eigenvalue weighted by Crippen LogP contribution is 2.37. The number of carbonyl (C=O) groups excluding carboxylic acids is 2. The molecular formula is C21H23N10O5S3+. The molecule has 0 radical (unpaired) electrons. The Labute approximate surface area is 233 Å². The predicted molar refractivity (Wildman–Crippen MR) is 144 cm³/mol. The van der Waals surface area contributed by atoms with E-state index in [-0.39, 0.29) is 27.8 Å². The number of nitrogens with zero attached hydrogens (tertiary/aromatic N) is 7. The third-order valence-electron chi connectivity index (χ3n) is 5.75. The summed E-state index contributed by atoms with van der Waals surface area (Å²) in [4.78, 5) is 52.0. The van der Waals surface area contributed by atoms with Crippen LogP contribution in [0.3, 0.4) is 0 Å². The Kier molecular flexibility index (Phi) is 7.32. The Morgan fingerprint density at radius 3 is 2.92 bits per heavy atom. The van der Waals surface area contributed by atoms with Crippen molar-refractivity contribution in [2.45, 2.75) is 29.6 Å². The predicted octanol–water partition coefficient (Wildman–Crippen LogP) is -0.555. The summed E-state index contributed by atoms with van der Waals surface area (Å²) in [6.07, 6.45) is 2.17. The SMILES string of the molecule is C[C@@H](O/N=C(\C(=O)NC1C(=O)N2C=C(CSc3nc(N)cc4n3nc[n+]4C)CS[C@H]12)c1csc(N)n1)C(=O)O. The number of β-lactam (4-membered cyclic amide) rings is 1. The van der Waals surface area contributed by atoms with Crippen LogP contribution < -0.4 is 21.4 Å². The van der Waals surface area contributed by atoms with Crippen LogP contribution in [-0.4, -0.2) is 82.1 Å². The summed E-state index contributed by atoms with van der Waals surface area (Å²) >= 11 is 4.05. The second kappa shape index (κ2) is 10.7. The first kappa shape index (κ1) is 26.7. The molecule has 204 valence electrons. The maximum atomic E-state index is 13.0. The fourth-order valence-corrected chi connectivity index (χ4v) is 6.57. The number of aryl methyl sites for hydroxylation is 1. The minimum absolute atomic E-state index is 0.113. The molecule has 5 heterocycles. The van der Waals surface area contributed by atoms with Gasteiger partial charge in [0, 0.05) is 28.2 Å². The van der Waals surface area contributed by atoms with Crippen molar-refractivity contribution in [2.24, 2.45) is 12.2 Å². The maximum Gasteiger partial charge on any atom is 0.347 e. The van der Waals surface area contributed by atoms with E-state index in [4.69, 9.17) is 21.4 Å². The number of anilines is 2. The Bertz CT molecular complexity index is 1540. The molecule has 0 saturated carbocycles. The summed E-state index contributed by atoms with van der Waals surface area (Å²) in [5.74, 6) is -0.688. The number of nitrogens with one attached hydrogen (secondary N) is 1. The molecule has 15 nitrogen and oxygen atoms in total. The summed E-state index contributed by atoms with van der Waals surface area (Å²) in [6.45, 7) is 1.27. The van der Waals surface area contributed by atoms with Crippen molar-refractivity contribution in [3.05, 3.63) is 35.2 Å². The van der Waals surface area contributed by atoms with E-state index in [1.54, 1.807) is 28.0 Å². The number of carboxylic acid groups (broad SMARTS) is 1. The van der Waals surface area contributed by atoms with Crippen LogP contribution in [0.5, 0.6) is 0 Å². The number of amides is 2. The zero-order chi connectivity index (χ0) is 27.8. The molecule has 3 atom stereocenters. The first-order valence-electron chi connectivity index (χ1n) is 11.4. The van der Waals surface area contributed by atoms with Gasteiger partial charge in [0.25, 0.3) is 28.9 Å². The third kappa shape index (κ3) is 5.34. The van der Waals surface area contributed by atoms with Gasteiger partial charge in [-0.2, -0.15) is 4.98 Å². The summed E-state index contributed by atoms with van der Waals surface area (Å²) in [7, 11) is 1.87. The number of nitrogen functional groups attached to an aromatic ring is 2. The van der Waals surface area contributed by atoms with E-state index < -0.39 is 24.0 Å². The molecule has 1 fully saturated rings. The number of carbonyl (C=O) groups is 3. The highest BCUT2D eigenvalue weighted by molar-refractivity contribution is 8.01. The quantitative estimate of drug-likeness (QED) is 0.0617. The van der Waals surface area contributed by atoms with Gasteiger partial charge in [-0.1, -0.05) is 16.9 Å². The first-order chi connectivity index (χ1) is 18.6. The number of thiazole rings is 1. The van der Waals surface area contributed by atoms with Crippen LogP contribution in [0, 0.1) is 0 Å². The fraction of sp³-hybridized carbons (Fsp3) is 0.333. The molecular weight excluding hydrogens is 568 g/mol. The summed E-state index contributed by atoms with van der Waals surface area (Å²) in [5.41, 5.74) is 13.3. The van der Waals surface area contributed by atoms with Crippen molar-refractivity contribution in [3.63, 3.8) is 0 Å². The smallest absolute Gasteiger partial charge is 0.347 e. The van der Waals surface area contributed by atoms with Crippen LogP contribution in [0.2, 0.25) is 0 Å². The number of thioether (sulfide) groups is 2. The normalized spacial score (nSPS) is 19.7. The fourth-order valence-electron chi connectivity index (χ4n) is 3.71. The monoisotopic (exact) mass is 591 g/mol. The van der Waals surface area contributed by atoms with E-state index >= 15 is 0 Å². The lowest BCUT2D eigenvalue weighted by Crippen LogP contribution is -2.69. The minimum atomic E-state index is -1.30. The van der Waals surface area contributed by atoms with Gasteiger partial charge in [-0.15, -0.1) is 23.1 Å². The van der Waals surface area contributed by atoms with E-state index in [9.17, 15) is 14.4 Å². The van der Waals surface area contributed by atoms with Crippen LogP contribution in [0.25, 0.3) is 5.65 Å². The van der Waals surface area contributed by atoms with Gasteiger partial charge < -0.3 is 31.6 Å². The Balaban J connectivity index is 1.25. The van der Waals surface area contributed by atoms with E-state index in [1.807, 2.05) is 11.6 Å². The molecule has 2 aliphatic heterocycles. The van der Waals surface area contributed by atoms with Crippen LogP contribution in [0.15, 0.2) is 39.9 Å². The first-order valence-corrected chi connectivity index (χ1v) is 14.3. The molecule has 0 aliphatic carbocycles. The molecule has 3 aromatic rings. The number of hydrogen-bond donors (Lipinski definition) is 4. The number of nitrogens with two attached hydrogens (primary N) is 2. The van der Waals surface area contributed by atoms with Gasteiger partial charge in [-0.25, -0.2) is 14.3 Å². The molecule has 1 unspecified atom stereocenters. The Morgan fingerprint density at radius 2 is 2.21 bits per heavy atom. The van der Waals surface area contributed by atoms with Crippen molar-refractivity contribution in [3.8, 4) is 0 Å². The molecule has 0 aromatic carbocycles. The molecule has 39 heavy (non-hydrogen) atoms. The van der Waals surface area contributed by atoms with Gasteiger partial charge in [0.2, 0.25) is 6.10 Å². The lowest BCUT2D eigenvalue weighted by Gasteiger charge is -2.47. The van der Waals surface area contributed by atoms with Gasteiger partial charge in [0.1, 0.15) is 22.9 Å². The number of aliphatic carboxylic acids is 1. The average molecular weight is 592 g/mol. The van der Waals surface area contributed by atoms with Crippen LogP contribution in [-0.2, 0) is 26.3 Å².